The van der Waals surface area contributed by atoms with Gasteiger partial charge in [0.2, 0.25) is 10.0 Å². The molecule has 0 bridgehead atoms. The minimum absolute atomic E-state index is 0.0113. The minimum atomic E-state index is -3.69. The predicted octanol–water partition coefficient (Wildman–Crippen LogP) is 1.78. The highest BCUT2D eigenvalue weighted by Gasteiger charge is 2.28. The molecule has 22 heavy (non-hydrogen) atoms. The van der Waals surface area contributed by atoms with Crippen molar-refractivity contribution in [1.29, 1.82) is 0 Å². The van der Waals surface area contributed by atoms with Gasteiger partial charge >= 0.3 is 5.97 Å². The van der Waals surface area contributed by atoms with Gasteiger partial charge in [0.25, 0.3) is 0 Å². The Labute approximate surface area is 129 Å². The van der Waals surface area contributed by atoms with E-state index in [0.717, 1.165) is 0 Å². The molecule has 1 aromatic rings. The smallest absolute Gasteiger partial charge is 0.310 e. The average molecular weight is 325 g/mol. The Balaban J connectivity index is 2.05. The van der Waals surface area contributed by atoms with Crippen molar-refractivity contribution in [3.63, 3.8) is 0 Å². The second-order valence-electron chi connectivity index (χ2n) is 5.43. The topological polar surface area (TPSA) is 92.7 Å². The summed E-state index contributed by atoms with van der Waals surface area (Å²) in [6.07, 6.45) is 3.32. The molecular weight excluding hydrogens is 306 g/mol. The summed E-state index contributed by atoms with van der Waals surface area (Å²) >= 11 is 0. The summed E-state index contributed by atoms with van der Waals surface area (Å²) in [6, 6.07) is 5.62. The van der Waals surface area contributed by atoms with Gasteiger partial charge in [0.1, 0.15) is 5.75 Å². The van der Waals surface area contributed by atoms with E-state index in [-0.39, 0.29) is 17.4 Å². The minimum Gasteiger partial charge on any atom is -0.491 e. The van der Waals surface area contributed by atoms with Gasteiger partial charge in [0.05, 0.1) is 16.9 Å². The molecule has 2 unspecified atom stereocenters. The lowest BCUT2D eigenvalue weighted by molar-refractivity contribution is -0.140. The number of rotatable bonds is 6. The maximum atomic E-state index is 12.3. The molecule has 0 heterocycles. The molecule has 0 amide bonds. The number of hydrogen-bond acceptors (Lipinski definition) is 4. The number of benzene rings is 1. The highest BCUT2D eigenvalue weighted by atomic mass is 32.2. The van der Waals surface area contributed by atoms with Crippen molar-refractivity contribution in [1.82, 2.24) is 4.72 Å². The van der Waals surface area contributed by atoms with Crippen molar-refractivity contribution in [2.75, 3.05) is 0 Å². The van der Waals surface area contributed by atoms with Gasteiger partial charge in [-0.25, -0.2) is 13.1 Å². The molecule has 6 nitrogen and oxygen atoms in total. The lowest BCUT2D eigenvalue weighted by Crippen LogP contribution is -2.33. The van der Waals surface area contributed by atoms with Gasteiger partial charge in [0.15, 0.2) is 0 Å². The van der Waals surface area contributed by atoms with E-state index in [4.69, 9.17) is 9.84 Å². The third-order valence-corrected chi connectivity index (χ3v) is 4.72. The first-order chi connectivity index (χ1) is 10.3. The summed E-state index contributed by atoms with van der Waals surface area (Å²) in [4.78, 5) is 11.0. The summed E-state index contributed by atoms with van der Waals surface area (Å²) in [6.45, 7) is 3.77. The summed E-state index contributed by atoms with van der Waals surface area (Å²) in [7, 11) is -3.69. The van der Waals surface area contributed by atoms with Gasteiger partial charge in [-0.1, -0.05) is 12.2 Å². The molecule has 0 radical (unpaired) electrons. The third-order valence-electron chi connectivity index (χ3n) is 3.21. The summed E-state index contributed by atoms with van der Waals surface area (Å²) in [5.41, 5.74) is 0. The predicted molar refractivity (Wildman–Crippen MR) is 81.2 cm³/mol. The highest BCUT2D eigenvalue weighted by Crippen LogP contribution is 2.21. The number of aliphatic carboxylic acids is 1. The van der Waals surface area contributed by atoms with E-state index in [1.165, 1.54) is 18.2 Å². The number of ether oxygens (including phenoxy) is 1. The van der Waals surface area contributed by atoms with E-state index in [2.05, 4.69) is 4.72 Å². The second-order valence-corrected chi connectivity index (χ2v) is 7.15. The van der Waals surface area contributed by atoms with Crippen molar-refractivity contribution in [3.05, 3.63) is 36.4 Å². The van der Waals surface area contributed by atoms with Crippen molar-refractivity contribution < 1.29 is 23.1 Å². The summed E-state index contributed by atoms with van der Waals surface area (Å²) < 4.78 is 32.5. The Kier molecular flexibility index (Phi) is 4.87. The molecule has 1 aromatic carbocycles. The van der Waals surface area contributed by atoms with Crippen LogP contribution in [-0.4, -0.2) is 31.6 Å². The van der Waals surface area contributed by atoms with Crippen LogP contribution in [0.15, 0.2) is 41.3 Å². The number of carboxylic acids is 1. The molecule has 7 heteroatoms. The van der Waals surface area contributed by atoms with Gasteiger partial charge in [0, 0.05) is 6.04 Å². The molecule has 0 fully saturated rings. The Bertz CT molecular complexity index is 664. The lowest BCUT2D eigenvalue weighted by atomic mass is 10.1. The number of nitrogens with one attached hydrogen (secondary N) is 1. The Hall–Kier alpha value is -1.86. The summed E-state index contributed by atoms with van der Waals surface area (Å²) in [5, 5.41) is 8.91. The quantitative estimate of drug-likeness (QED) is 0.778. The summed E-state index contributed by atoms with van der Waals surface area (Å²) in [5.74, 6) is -0.997. The SMILES string of the molecule is CC(C)Oc1ccc(S(=O)(=O)NC2C=CC(C(=O)O)C2)cc1. The zero-order valence-corrected chi connectivity index (χ0v) is 13.2. The molecule has 0 spiro atoms. The standard InChI is InChI=1S/C15H19NO5S/c1-10(2)21-13-5-7-14(8-6-13)22(19,20)16-12-4-3-11(9-12)15(17)18/h3-8,10-12,16H,9H2,1-2H3,(H,17,18). The Morgan fingerprint density at radius 2 is 1.91 bits per heavy atom. The molecule has 0 saturated carbocycles. The van der Waals surface area contributed by atoms with Gasteiger partial charge in [-0.2, -0.15) is 0 Å². The fraction of sp³-hybridized carbons (Fsp3) is 0.400. The molecule has 2 atom stereocenters. The second kappa shape index (κ2) is 6.50. The molecule has 2 rings (SSSR count). The van der Waals surface area contributed by atoms with Crippen LogP contribution < -0.4 is 9.46 Å². The van der Waals surface area contributed by atoms with Crippen LogP contribution >= 0.6 is 0 Å². The van der Waals surface area contributed by atoms with Crippen LogP contribution in [0.2, 0.25) is 0 Å². The average Bonchev–Trinajstić information content (AvgIpc) is 2.86. The number of sulfonamides is 1. The molecule has 120 valence electrons. The highest BCUT2D eigenvalue weighted by molar-refractivity contribution is 7.89. The number of carbonyl (C=O) groups is 1. The van der Waals surface area contributed by atoms with Crippen LogP contribution in [-0.2, 0) is 14.8 Å². The maximum Gasteiger partial charge on any atom is 0.310 e. The number of carboxylic acid groups (broad SMARTS) is 1. The molecule has 0 saturated heterocycles. The van der Waals surface area contributed by atoms with Crippen molar-refractivity contribution in [2.24, 2.45) is 5.92 Å². The van der Waals surface area contributed by atoms with Crippen LogP contribution in [0.4, 0.5) is 0 Å². The Morgan fingerprint density at radius 1 is 1.27 bits per heavy atom. The van der Waals surface area contributed by atoms with E-state index < -0.39 is 28.0 Å². The monoisotopic (exact) mass is 325 g/mol. The normalized spacial score (nSPS) is 21.2. The third kappa shape index (κ3) is 4.08. The number of hydrogen-bond donors (Lipinski definition) is 2. The van der Waals surface area contributed by atoms with Crippen LogP contribution in [0.5, 0.6) is 5.75 Å². The van der Waals surface area contributed by atoms with E-state index in [0.29, 0.717) is 5.75 Å². The molecular formula is C15H19NO5S. The van der Waals surface area contributed by atoms with Gasteiger partial charge in [-0.05, 0) is 44.5 Å². The molecule has 0 aliphatic heterocycles. The van der Waals surface area contributed by atoms with Gasteiger partial charge in [-0.15, -0.1) is 0 Å². The zero-order valence-electron chi connectivity index (χ0n) is 12.4. The largest absolute Gasteiger partial charge is 0.491 e. The molecule has 1 aliphatic rings. The first-order valence-corrected chi connectivity index (χ1v) is 8.46. The van der Waals surface area contributed by atoms with Crippen LogP contribution in [0.3, 0.4) is 0 Å². The van der Waals surface area contributed by atoms with Crippen LogP contribution in [0.25, 0.3) is 0 Å². The van der Waals surface area contributed by atoms with Crippen molar-refractivity contribution >= 4 is 16.0 Å². The molecule has 2 N–H and O–H groups in total. The lowest BCUT2D eigenvalue weighted by Gasteiger charge is -2.14. The maximum absolute atomic E-state index is 12.3. The van der Waals surface area contributed by atoms with E-state index in [1.807, 2.05) is 13.8 Å². The first kappa shape index (κ1) is 16.5. The van der Waals surface area contributed by atoms with Crippen molar-refractivity contribution in [2.45, 2.75) is 37.3 Å². The van der Waals surface area contributed by atoms with Gasteiger partial charge < -0.3 is 9.84 Å². The zero-order chi connectivity index (χ0) is 16.3. The van der Waals surface area contributed by atoms with E-state index in [9.17, 15) is 13.2 Å². The van der Waals surface area contributed by atoms with E-state index in [1.54, 1.807) is 18.2 Å². The van der Waals surface area contributed by atoms with E-state index >= 15 is 0 Å². The fourth-order valence-electron chi connectivity index (χ4n) is 2.21. The first-order valence-electron chi connectivity index (χ1n) is 6.98. The fourth-order valence-corrected chi connectivity index (χ4v) is 3.41. The van der Waals surface area contributed by atoms with Crippen molar-refractivity contribution in [3.8, 4) is 5.75 Å². The molecule has 1 aliphatic carbocycles. The van der Waals surface area contributed by atoms with Gasteiger partial charge in [-0.3, -0.25) is 4.79 Å². The molecule has 0 aromatic heterocycles. The van der Waals surface area contributed by atoms with Crippen LogP contribution in [0.1, 0.15) is 20.3 Å². The Morgan fingerprint density at radius 3 is 2.41 bits per heavy atom. The van der Waals surface area contributed by atoms with Crippen LogP contribution in [0, 0.1) is 5.92 Å².